The van der Waals surface area contributed by atoms with Gasteiger partial charge >= 0.3 is 0 Å². The van der Waals surface area contributed by atoms with Gasteiger partial charge in [0.1, 0.15) is 17.3 Å². The molecule has 6 nitrogen and oxygen atoms in total. The molecule has 1 amide bonds. The van der Waals surface area contributed by atoms with Gasteiger partial charge in [-0.1, -0.05) is 41.1 Å². The van der Waals surface area contributed by atoms with E-state index in [-0.39, 0.29) is 11.7 Å². The highest BCUT2D eigenvalue weighted by molar-refractivity contribution is 7.99. The fourth-order valence-corrected chi connectivity index (χ4v) is 3.99. The standard InChI is InChI=1S/C23H21ClN4O2S/c1-15-3-9-19(10-4-15)28-16(2)26-27-23(28)31-14-22(29)25-13-20-11-12-21(30-20)17-5-7-18(24)8-6-17/h3-12H,13-14H2,1-2H3,(H,25,29). The van der Waals surface area contributed by atoms with Crippen LogP contribution < -0.4 is 5.32 Å². The first-order valence-corrected chi connectivity index (χ1v) is 11.1. The second-order valence-corrected chi connectivity index (χ2v) is 8.42. The summed E-state index contributed by atoms with van der Waals surface area (Å²) in [6, 6.07) is 19.3. The van der Waals surface area contributed by atoms with Crippen molar-refractivity contribution in [1.29, 1.82) is 0 Å². The zero-order chi connectivity index (χ0) is 21.8. The van der Waals surface area contributed by atoms with Crippen LogP contribution in [0.25, 0.3) is 17.0 Å². The molecule has 0 aliphatic heterocycles. The van der Waals surface area contributed by atoms with Crippen molar-refractivity contribution in [3.05, 3.63) is 82.8 Å². The number of aryl methyl sites for hydroxylation is 2. The van der Waals surface area contributed by atoms with Crippen molar-refractivity contribution in [2.45, 2.75) is 25.5 Å². The summed E-state index contributed by atoms with van der Waals surface area (Å²) in [6.07, 6.45) is 0. The molecule has 0 atom stereocenters. The molecule has 0 aliphatic rings. The lowest BCUT2D eigenvalue weighted by Crippen LogP contribution is -2.24. The quantitative estimate of drug-likeness (QED) is 0.390. The first-order chi connectivity index (χ1) is 15.0. The summed E-state index contributed by atoms with van der Waals surface area (Å²) in [5.74, 6) is 2.32. The Morgan fingerprint density at radius 1 is 1.03 bits per heavy atom. The molecular weight excluding hydrogens is 432 g/mol. The summed E-state index contributed by atoms with van der Waals surface area (Å²) < 4.78 is 7.77. The van der Waals surface area contributed by atoms with Crippen LogP contribution in [0.4, 0.5) is 0 Å². The highest BCUT2D eigenvalue weighted by Crippen LogP contribution is 2.24. The zero-order valence-electron chi connectivity index (χ0n) is 17.1. The average Bonchev–Trinajstić information content (AvgIpc) is 3.39. The molecule has 8 heteroatoms. The van der Waals surface area contributed by atoms with Gasteiger partial charge in [-0.25, -0.2) is 0 Å². The van der Waals surface area contributed by atoms with Crippen molar-refractivity contribution in [3.8, 4) is 17.0 Å². The third-order valence-electron chi connectivity index (χ3n) is 4.67. The number of carbonyl (C=O) groups is 1. The summed E-state index contributed by atoms with van der Waals surface area (Å²) in [6.45, 7) is 4.25. The molecule has 4 aromatic rings. The molecule has 0 saturated carbocycles. The van der Waals surface area contributed by atoms with Gasteiger partial charge in [0.25, 0.3) is 0 Å². The normalized spacial score (nSPS) is 10.9. The van der Waals surface area contributed by atoms with E-state index in [0.717, 1.165) is 22.8 Å². The smallest absolute Gasteiger partial charge is 0.230 e. The van der Waals surface area contributed by atoms with Crippen LogP contribution in [0.5, 0.6) is 0 Å². The maximum atomic E-state index is 12.4. The van der Waals surface area contributed by atoms with E-state index in [1.54, 1.807) is 0 Å². The number of carbonyl (C=O) groups excluding carboxylic acids is 1. The van der Waals surface area contributed by atoms with Gasteiger partial charge in [-0.15, -0.1) is 10.2 Å². The number of furan rings is 1. The van der Waals surface area contributed by atoms with Gasteiger partial charge in [-0.2, -0.15) is 0 Å². The lowest BCUT2D eigenvalue weighted by Gasteiger charge is -2.09. The van der Waals surface area contributed by atoms with Crippen LogP contribution in [-0.4, -0.2) is 26.4 Å². The Bertz CT molecular complexity index is 1180. The summed E-state index contributed by atoms with van der Waals surface area (Å²) in [4.78, 5) is 12.4. The Morgan fingerprint density at radius 2 is 1.77 bits per heavy atom. The number of hydrogen-bond acceptors (Lipinski definition) is 5. The number of hydrogen-bond donors (Lipinski definition) is 1. The Kier molecular flexibility index (Phi) is 6.44. The topological polar surface area (TPSA) is 73.0 Å². The maximum Gasteiger partial charge on any atom is 0.230 e. The van der Waals surface area contributed by atoms with Gasteiger partial charge in [0.05, 0.1) is 12.3 Å². The highest BCUT2D eigenvalue weighted by Gasteiger charge is 2.14. The van der Waals surface area contributed by atoms with E-state index >= 15 is 0 Å². The van der Waals surface area contributed by atoms with Crippen LogP contribution in [0.1, 0.15) is 17.1 Å². The number of aromatic nitrogens is 3. The second-order valence-electron chi connectivity index (χ2n) is 7.04. The molecular formula is C23H21ClN4O2S. The Labute approximate surface area is 189 Å². The molecule has 2 aromatic heterocycles. The van der Waals surface area contributed by atoms with Gasteiger partial charge in [-0.3, -0.25) is 9.36 Å². The number of thioether (sulfide) groups is 1. The first-order valence-electron chi connectivity index (χ1n) is 9.73. The lowest BCUT2D eigenvalue weighted by molar-refractivity contribution is -0.118. The fraction of sp³-hybridized carbons (Fsp3) is 0.174. The van der Waals surface area contributed by atoms with E-state index in [1.807, 2.05) is 79.1 Å². The summed E-state index contributed by atoms with van der Waals surface area (Å²) in [5, 5.41) is 12.6. The molecule has 2 aromatic carbocycles. The SMILES string of the molecule is Cc1ccc(-n2c(C)nnc2SCC(=O)NCc2ccc(-c3ccc(Cl)cc3)o2)cc1. The van der Waals surface area contributed by atoms with Crippen LogP contribution in [0.15, 0.2) is 70.2 Å². The van der Waals surface area contributed by atoms with Gasteiger partial charge < -0.3 is 9.73 Å². The molecule has 0 radical (unpaired) electrons. The molecule has 4 rings (SSSR count). The molecule has 158 valence electrons. The molecule has 0 bridgehead atoms. The third-order valence-corrected chi connectivity index (χ3v) is 5.85. The molecule has 1 N–H and O–H groups in total. The molecule has 0 fully saturated rings. The largest absolute Gasteiger partial charge is 0.459 e. The third kappa shape index (κ3) is 5.18. The van der Waals surface area contributed by atoms with Crippen molar-refractivity contribution in [2.24, 2.45) is 0 Å². The van der Waals surface area contributed by atoms with Crippen LogP contribution in [-0.2, 0) is 11.3 Å². The molecule has 0 unspecified atom stereocenters. The predicted octanol–water partition coefficient (Wildman–Crippen LogP) is 5.21. The molecule has 0 aliphatic carbocycles. The molecule has 0 spiro atoms. The average molecular weight is 453 g/mol. The predicted molar refractivity (Wildman–Crippen MR) is 123 cm³/mol. The Hall–Kier alpha value is -3.03. The van der Waals surface area contributed by atoms with E-state index in [9.17, 15) is 4.79 Å². The number of nitrogens with one attached hydrogen (secondary N) is 1. The molecule has 2 heterocycles. The van der Waals surface area contributed by atoms with E-state index in [2.05, 4.69) is 15.5 Å². The van der Waals surface area contributed by atoms with Gasteiger partial charge in [0.2, 0.25) is 5.91 Å². The molecule has 0 saturated heterocycles. The minimum atomic E-state index is -0.106. The molecule has 31 heavy (non-hydrogen) atoms. The summed E-state index contributed by atoms with van der Waals surface area (Å²) in [7, 11) is 0. The van der Waals surface area contributed by atoms with E-state index in [0.29, 0.717) is 22.5 Å². The monoisotopic (exact) mass is 452 g/mol. The Morgan fingerprint density at radius 3 is 2.52 bits per heavy atom. The van der Waals surface area contributed by atoms with Gasteiger partial charge in [0, 0.05) is 16.3 Å². The van der Waals surface area contributed by atoms with Crippen molar-refractivity contribution in [1.82, 2.24) is 20.1 Å². The lowest BCUT2D eigenvalue weighted by atomic mass is 10.2. The maximum absolute atomic E-state index is 12.4. The minimum Gasteiger partial charge on any atom is -0.459 e. The number of benzene rings is 2. The van der Waals surface area contributed by atoms with Crippen LogP contribution in [0.2, 0.25) is 5.02 Å². The number of rotatable bonds is 7. The van der Waals surface area contributed by atoms with Crippen LogP contribution in [0, 0.1) is 13.8 Å². The van der Waals surface area contributed by atoms with Gasteiger partial charge in [0.15, 0.2) is 5.16 Å². The highest BCUT2D eigenvalue weighted by atomic mass is 35.5. The number of halogens is 1. The van der Waals surface area contributed by atoms with Crippen molar-refractivity contribution in [3.63, 3.8) is 0 Å². The van der Waals surface area contributed by atoms with Crippen LogP contribution in [0.3, 0.4) is 0 Å². The minimum absolute atomic E-state index is 0.106. The number of amides is 1. The van der Waals surface area contributed by atoms with Crippen molar-refractivity contribution >= 4 is 29.3 Å². The second kappa shape index (κ2) is 9.41. The van der Waals surface area contributed by atoms with Gasteiger partial charge in [-0.05, 0) is 62.4 Å². The van der Waals surface area contributed by atoms with Crippen molar-refractivity contribution in [2.75, 3.05) is 5.75 Å². The van der Waals surface area contributed by atoms with Crippen LogP contribution >= 0.6 is 23.4 Å². The van der Waals surface area contributed by atoms with E-state index < -0.39 is 0 Å². The van der Waals surface area contributed by atoms with E-state index in [4.69, 9.17) is 16.0 Å². The summed E-state index contributed by atoms with van der Waals surface area (Å²) >= 11 is 7.27. The van der Waals surface area contributed by atoms with Crippen molar-refractivity contribution < 1.29 is 9.21 Å². The fourth-order valence-electron chi connectivity index (χ4n) is 3.04. The van der Waals surface area contributed by atoms with E-state index in [1.165, 1.54) is 17.3 Å². The summed E-state index contributed by atoms with van der Waals surface area (Å²) in [5.41, 5.74) is 3.09. The Balaban J connectivity index is 1.33. The number of nitrogens with zero attached hydrogens (tertiary/aromatic N) is 3. The zero-order valence-corrected chi connectivity index (χ0v) is 18.7. The first kappa shape index (κ1) is 21.2.